The van der Waals surface area contributed by atoms with E-state index in [1.807, 2.05) is 13.8 Å². The van der Waals surface area contributed by atoms with E-state index in [4.69, 9.17) is 9.84 Å². The van der Waals surface area contributed by atoms with Crippen LogP contribution in [-0.2, 0) is 9.53 Å². The third-order valence-corrected chi connectivity index (χ3v) is 2.82. The van der Waals surface area contributed by atoms with Crippen LogP contribution in [0.25, 0.3) is 0 Å². The number of rotatable bonds is 8. The lowest BCUT2D eigenvalue weighted by Crippen LogP contribution is -2.38. The molecule has 0 aromatic heterocycles. The molecule has 19 heavy (non-hydrogen) atoms. The molecule has 4 nitrogen and oxygen atoms in total. The van der Waals surface area contributed by atoms with Crippen molar-refractivity contribution in [2.75, 3.05) is 13.3 Å². The Morgan fingerprint density at radius 3 is 2.16 bits per heavy atom. The first-order valence-corrected chi connectivity index (χ1v) is 7.06. The van der Waals surface area contributed by atoms with Crippen LogP contribution in [0.15, 0.2) is 0 Å². The Kier molecular flexibility index (Phi) is 6.86. The Hall–Kier alpha value is -0.260. The molecule has 0 unspecified atom stereocenters. The highest BCUT2D eigenvalue weighted by molar-refractivity contribution is 7.81. The molecule has 1 amide bonds. The van der Waals surface area contributed by atoms with Crippen molar-refractivity contribution < 1.29 is 14.6 Å². The smallest absolute Gasteiger partial charge is 0.222 e. The predicted octanol–water partition coefficient (Wildman–Crippen LogP) is 2.36. The van der Waals surface area contributed by atoms with Crippen molar-refractivity contribution in [1.29, 1.82) is 0 Å². The fourth-order valence-electron chi connectivity index (χ4n) is 2.09. The lowest BCUT2D eigenvalue weighted by molar-refractivity contribution is -0.128. The van der Waals surface area contributed by atoms with E-state index in [9.17, 15) is 4.79 Å². The van der Waals surface area contributed by atoms with E-state index in [0.29, 0.717) is 6.42 Å². The minimum atomic E-state index is -0.629. The van der Waals surface area contributed by atoms with Crippen molar-refractivity contribution in [3.63, 3.8) is 0 Å². The van der Waals surface area contributed by atoms with Gasteiger partial charge in [-0.15, -0.1) is 0 Å². The first kappa shape index (κ1) is 18.7. The van der Waals surface area contributed by atoms with Crippen LogP contribution in [0.4, 0.5) is 0 Å². The van der Waals surface area contributed by atoms with E-state index in [1.54, 1.807) is 13.8 Å². The maximum absolute atomic E-state index is 11.8. The molecule has 0 rings (SSSR count). The molecule has 0 bridgehead atoms. The van der Waals surface area contributed by atoms with E-state index in [-0.39, 0.29) is 29.4 Å². The number of hydrogen-bond acceptors (Lipinski definition) is 4. The van der Waals surface area contributed by atoms with E-state index in [1.165, 1.54) is 0 Å². The highest BCUT2D eigenvalue weighted by Crippen LogP contribution is 2.34. The number of carbonyl (C=O) groups is 1. The van der Waals surface area contributed by atoms with Gasteiger partial charge in [-0.2, -0.15) is 12.6 Å². The van der Waals surface area contributed by atoms with Crippen molar-refractivity contribution >= 4 is 18.5 Å². The van der Waals surface area contributed by atoms with Crippen LogP contribution >= 0.6 is 12.6 Å². The summed E-state index contributed by atoms with van der Waals surface area (Å²) >= 11 is 4.51. The number of aliphatic hydroxyl groups is 1. The van der Waals surface area contributed by atoms with Crippen LogP contribution in [0.1, 0.15) is 54.4 Å². The third kappa shape index (κ3) is 10.2. The van der Waals surface area contributed by atoms with Crippen molar-refractivity contribution in [3.05, 3.63) is 0 Å². The Bertz CT molecular complexity index is 296. The minimum Gasteiger partial charge on any atom is -0.393 e. The number of ether oxygens (including phenoxy) is 1. The second-order valence-electron chi connectivity index (χ2n) is 7.14. The lowest BCUT2D eigenvalue weighted by atomic mass is 9.80. The van der Waals surface area contributed by atoms with E-state index < -0.39 is 5.60 Å². The quantitative estimate of drug-likeness (QED) is 0.475. The molecule has 114 valence electrons. The van der Waals surface area contributed by atoms with Crippen LogP contribution in [0, 0.1) is 5.41 Å². The average Bonchev–Trinajstić information content (AvgIpc) is 2.12. The van der Waals surface area contributed by atoms with Gasteiger partial charge in [0.05, 0.1) is 12.2 Å². The first-order chi connectivity index (χ1) is 8.37. The third-order valence-electron chi connectivity index (χ3n) is 2.66. The first-order valence-electron chi connectivity index (χ1n) is 6.61. The van der Waals surface area contributed by atoms with Gasteiger partial charge in [-0.05, 0) is 25.7 Å². The Labute approximate surface area is 122 Å². The average molecular weight is 291 g/mol. The summed E-state index contributed by atoms with van der Waals surface area (Å²) in [6.45, 7) is 11.8. The van der Waals surface area contributed by atoms with Crippen molar-refractivity contribution in [2.24, 2.45) is 5.41 Å². The van der Waals surface area contributed by atoms with Gasteiger partial charge in [0.2, 0.25) is 5.91 Å². The normalized spacial score (nSPS) is 13.5. The topological polar surface area (TPSA) is 58.6 Å². The standard InChI is InChI=1S/C14H29NO3S/c1-12(2,8-14(5,6)19)7-11(17)15-10-18-13(3,4)9-16/h16,19H,7-10H2,1-6H3,(H,15,17). The Morgan fingerprint density at radius 2 is 1.74 bits per heavy atom. The van der Waals surface area contributed by atoms with Gasteiger partial charge in [-0.3, -0.25) is 4.79 Å². The van der Waals surface area contributed by atoms with Crippen LogP contribution < -0.4 is 5.32 Å². The van der Waals surface area contributed by atoms with Crippen LogP contribution in [0.2, 0.25) is 0 Å². The SMILES string of the molecule is CC(C)(S)CC(C)(C)CC(=O)NCOC(C)(C)CO. The van der Waals surface area contributed by atoms with Gasteiger partial charge in [-0.1, -0.05) is 27.7 Å². The molecule has 0 spiro atoms. The van der Waals surface area contributed by atoms with Gasteiger partial charge >= 0.3 is 0 Å². The highest BCUT2D eigenvalue weighted by atomic mass is 32.1. The maximum atomic E-state index is 11.8. The summed E-state index contributed by atoms with van der Waals surface area (Å²) in [6.07, 6.45) is 1.28. The molecule has 0 heterocycles. The number of carbonyl (C=O) groups excluding carboxylic acids is 1. The van der Waals surface area contributed by atoms with Gasteiger partial charge in [-0.25, -0.2) is 0 Å². The predicted molar refractivity (Wildman–Crippen MR) is 81.3 cm³/mol. The monoisotopic (exact) mass is 291 g/mol. The molecule has 0 radical (unpaired) electrons. The van der Waals surface area contributed by atoms with Crippen LogP contribution in [-0.4, -0.2) is 34.7 Å². The summed E-state index contributed by atoms with van der Waals surface area (Å²) in [4.78, 5) is 11.8. The molecule has 0 aromatic rings. The maximum Gasteiger partial charge on any atom is 0.222 e. The number of hydrogen-bond donors (Lipinski definition) is 3. The molecule has 0 aliphatic heterocycles. The zero-order chi connectivity index (χ0) is 15.3. The Morgan fingerprint density at radius 1 is 1.21 bits per heavy atom. The molecule has 0 saturated heterocycles. The molecular formula is C14H29NO3S. The van der Waals surface area contributed by atoms with E-state index in [2.05, 4.69) is 31.8 Å². The molecule has 0 aliphatic rings. The molecule has 0 saturated carbocycles. The lowest BCUT2D eigenvalue weighted by Gasteiger charge is -2.31. The summed E-state index contributed by atoms with van der Waals surface area (Å²) < 4.78 is 5.27. The fraction of sp³-hybridized carbons (Fsp3) is 0.929. The number of thiol groups is 1. The van der Waals surface area contributed by atoms with Crippen LogP contribution in [0.3, 0.4) is 0 Å². The Balaban J connectivity index is 4.11. The van der Waals surface area contributed by atoms with Gasteiger partial charge < -0.3 is 15.2 Å². The fourth-order valence-corrected chi connectivity index (χ4v) is 2.52. The van der Waals surface area contributed by atoms with Crippen molar-refractivity contribution in [3.8, 4) is 0 Å². The number of nitrogens with one attached hydrogen (secondary N) is 1. The second-order valence-corrected chi connectivity index (χ2v) is 8.35. The zero-order valence-corrected chi connectivity index (χ0v) is 13.9. The largest absolute Gasteiger partial charge is 0.393 e. The van der Waals surface area contributed by atoms with Crippen molar-refractivity contribution in [1.82, 2.24) is 5.32 Å². The molecular weight excluding hydrogens is 262 g/mol. The molecule has 0 aliphatic carbocycles. The van der Waals surface area contributed by atoms with Gasteiger partial charge in [0.25, 0.3) is 0 Å². The summed E-state index contributed by atoms with van der Waals surface area (Å²) in [5, 5.41) is 11.7. The van der Waals surface area contributed by atoms with Crippen LogP contribution in [0.5, 0.6) is 0 Å². The molecule has 0 aromatic carbocycles. The molecule has 5 heteroatoms. The molecule has 2 N–H and O–H groups in total. The highest BCUT2D eigenvalue weighted by Gasteiger charge is 2.28. The summed E-state index contributed by atoms with van der Waals surface area (Å²) in [6, 6.07) is 0. The summed E-state index contributed by atoms with van der Waals surface area (Å²) in [5.41, 5.74) is -0.738. The molecule has 0 atom stereocenters. The summed E-state index contributed by atoms with van der Waals surface area (Å²) in [7, 11) is 0. The molecule has 0 fully saturated rings. The zero-order valence-electron chi connectivity index (χ0n) is 13.0. The number of amides is 1. The summed E-state index contributed by atoms with van der Waals surface area (Å²) in [5.74, 6) is -0.0451. The van der Waals surface area contributed by atoms with Crippen molar-refractivity contribution in [2.45, 2.75) is 64.7 Å². The number of aliphatic hydroxyl groups excluding tert-OH is 1. The van der Waals surface area contributed by atoms with Gasteiger partial charge in [0.15, 0.2) is 0 Å². The second kappa shape index (κ2) is 6.95. The van der Waals surface area contributed by atoms with Gasteiger partial charge in [0.1, 0.15) is 6.73 Å². The van der Waals surface area contributed by atoms with E-state index >= 15 is 0 Å². The minimum absolute atomic E-state index is 0.0451. The van der Waals surface area contributed by atoms with Gasteiger partial charge in [0, 0.05) is 11.2 Å². The van der Waals surface area contributed by atoms with E-state index in [0.717, 1.165) is 6.42 Å².